The van der Waals surface area contributed by atoms with Crippen LogP contribution in [0.15, 0.2) is 42.5 Å². The van der Waals surface area contributed by atoms with Gasteiger partial charge in [-0.1, -0.05) is 38.2 Å². The Kier molecular flexibility index (Phi) is 16.9. The van der Waals surface area contributed by atoms with E-state index >= 15 is 0 Å². The van der Waals surface area contributed by atoms with E-state index in [0.717, 1.165) is 12.8 Å². The standard InChI is InChI=1S/C9H7.C6H12N.C2H6Si.2ClH.Zr/c1-2-5-9-7-3-6-8(9)4-1;7-6-4-2-1-3-5-6;1-3-2;;;/h1-7H;6-7H,1-5H2;1-2H3;2*1H;/q2*-1;;;;+2/p-2. The van der Waals surface area contributed by atoms with E-state index in [0.29, 0.717) is 0 Å². The number of halogens is 2. The van der Waals surface area contributed by atoms with E-state index in [1.807, 2.05) is 0 Å². The predicted molar refractivity (Wildman–Crippen MR) is 88.2 cm³/mol. The summed E-state index contributed by atoms with van der Waals surface area (Å²) in [4.78, 5) is 0. The molecule has 1 aliphatic rings. The molecule has 2 aromatic carbocycles. The summed E-state index contributed by atoms with van der Waals surface area (Å²) >= 11 is 1.74. The Morgan fingerprint density at radius 3 is 2.05 bits per heavy atom. The molecule has 3 rings (SSSR count). The number of benzene rings is 1. The van der Waals surface area contributed by atoms with Crippen LogP contribution < -0.4 is 24.8 Å². The zero-order chi connectivity index (χ0) is 14.8. The van der Waals surface area contributed by atoms with E-state index in [1.54, 1.807) is 23.3 Å². The molecule has 0 bridgehead atoms. The van der Waals surface area contributed by atoms with Crippen molar-refractivity contribution in [1.82, 2.24) is 0 Å². The van der Waals surface area contributed by atoms with E-state index < -0.39 is 0 Å². The Bertz CT molecular complexity index is 476. The Morgan fingerprint density at radius 2 is 1.59 bits per heavy atom. The third kappa shape index (κ3) is 12.0. The first kappa shape index (κ1) is 24.7. The van der Waals surface area contributed by atoms with Gasteiger partial charge < -0.3 is 30.5 Å². The van der Waals surface area contributed by atoms with Crippen LogP contribution in [0.4, 0.5) is 0 Å². The van der Waals surface area contributed by atoms with Crippen LogP contribution in [0.5, 0.6) is 0 Å². The second-order valence-electron chi connectivity index (χ2n) is 5.49. The predicted octanol–water partition coefficient (Wildman–Crippen LogP) is -0.278. The van der Waals surface area contributed by atoms with Crippen molar-refractivity contribution >= 4 is 16.2 Å². The van der Waals surface area contributed by atoms with Gasteiger partial charge in [0, 0.05) is 0 Å². The molecule has 122 valence electrons. The quantitative estimate of drug-likeness (QED) is 0.403. The van der Waals surface area contributed by atoms with E-state index in [9.17, 15) is 0 Å². The largest absolute Gasteiger partial charge is 1.00 e. The third-order valence-electron chi connectivity index (χ3n) is 3.15. The minimum atomic E-state index is 0. The Balaban J connectivity index is 0. The van der Waals surface area contributed by atoms with Gasteiger partial charge in [-0.15, -0.1) is 35.7 Å². The maximum Gasteiger partial charge on any atom is -0.0534 e. The first-order chi connectivity index (χ1) is 9.59. The zero-order valence-electron chi connectivity index (χ0n) is 13.4. The average Bonchev–Trinajstić information content (AvgIpc) is 2.88. The van der Waals surface area contributed by atoms with Crippen LogP contribution in [0.2, 0.25) is 13.1 Å². The normalized spacial score (nSPS) is 13.5. The SMILES string of the molecule is C[Si](C)=[Zr+2].[Cl-].[Cl-].[NH-]C1CCCCC1.c1ccc2[cH-]ccc2c1. The fraction of sp³-hybridized carbons (Fsp3) is 0.471. The fourth-order valence-electron chi connectivity index (χ4n) is 2.17. The molecule has 0 spiro atoms. The summed E-state index contributed by atoms with van der Waals surface area (Å²) in [5.41, 5.74) is 7.48. The maximum atomic E-state index is 7.27. The van der Waals surface area contributed by atoms with Crippen LogP contribution in [-0.4, -0.2) is 11.5 Å². The minimum Gasteiger partial charge on any atom is -1.00 e. The van der Waals surface area contributed by atoms with Gasteiger partial charge in [0.15, 0.2) is 0 Å². The molecule has 1 saturated carbocycles. The van der Waals surface area contributed by atoms with Gasteiger partial charge in [0.2, 0.25) is 0 Å². The van der Waals surface area contributed by atoms with Gasteiger partial charge in [-0.25, -0.2) is 0 Å². The summed E-state index contributed by atoms with van der Waals surface area (Å²) in [6.45, 7) is 4.62. The summed E-state index contributed by atoms with van der Waals surface area (Å²) in [5.74, 6) is 0. The molecule has 0 atom stereocenters. The van der Waals surface area contributed by atoms with Crippen molar-refractivity contribution in [1.29, 1.82) is 0 Å². The van der Waals surface area contributed by atoms with Crippen molar-refractivity contribution in [2.75, 3.05) is 0 Å². The van der Waals surface area contributed by atoms with E-state index in [2.05, 4.69) is 55.6 Å². The molecule has 1 nitrogen and oxygen atoms in total. The molecule has 0 amide bonds. The minimum absolute atomic E-state index is 0. The van der Waals surface area contributed by atoms with Gasteiger partial charge in [-0.3, -0.25) is 0 Å². The number of hydrogen-bond acceptors (Lipinski definition) is 0. The Hall–Kier alpha value is 0.470. The molecule has 0 radical (unpaired) electrons. The molecule has 1 aliphatic carbocycles. The number of rotatable bonds is 0. The molecule has 0 aliphatic heterocycles. The molecule has 0 saturated heterocycles. The number of nitrogens with one attached hydrogen (secondary N) is 1. The van der Waals surface area contributed by atoms with Crippen molar-refractivity contribution in [2.45, 2.75) is 51.2 Å². The van der Waals surface area contributed by atoms with Crippen LogP contribution in [0.3, 0.4) is 0 Å². The maximum absolute atomic E-state index is 7.27. The van der Waals surface area contributed by atoms with Crippen LogP contribution in [0.1, 0.15) is 32.1 Å². The van der Waals surface area contributed by atoms with Crippen molar-refractivity contribution < 1.29 is 48.1 Å². The second-order valence-corrected chi connectivity index (χ2v) is 14.9. The van der Waals surface area contributed by atoms with Crippen LogP contribution in [0.25, 0.3) is 16.5 Å². The number of fused-ring (bicyclic) bond motifs is 1. The molecular weight excluding hydrogens is 408 g/mol. The summed E-state index contributed by atoms with van der Waals surface area (Å²) in [6, 6.07) is 15.0. The summed E-state index contributed by atoms with van der Waals surface area (Å²) < 4.78 is 0. The summed E-state index contributed by atoms with van der Waals surface area (Å²) in [7, 11) is 0. The second kappa shape index (κ2) is 15.0. The van der Waals surface area contributed by atoms with Crippen LogP contribution in [-0.2, 0) is 23.3 Å². The van der Waals surface area contributed by atoms with Crippen molar-refractivity contribution in [3.8, 4) is 0 Å². The Labute approximate surface area is 163 Å². The van der Waals surface area contributed by atoms with Crippen LogP contribution >= 0.6 is 0 Å². The summed E-state index contributed by atoms with van der Waals surface area (Å²) in [6.07, 6.45) is 6.28. The van der Waals surface area contributed by atoms with E-state index in [1.165, 1.54) is 30.0 Å². The fourth-order valence-corrected chi connectivity index (χ4v) is 2.17. The first-order valence-electron chi connectivity index (χ1n) is 7.43. The molecule has 1 fully saturated rings. The molecule has 0 unspecified atom stereocenters. The number of hydrogen-bond donors (Lipinski definition) is 0. The van der Waals surface area contributed by atoms with Gasteiger partial charge in [-0.2, -0.15) is 17.5 Å². The van der Waals surface area contributed by atoms with Crippen LogP contribution in [0, 0.1) is 0 Å². The molecular formula is C17H25Cl2NSiZr-2. The van der Waals surface area contributed by atoms with Crippen molar-refractivity contribution in [3.63, 3.8) is 0 Å². The monoisotopic (exact) mass is 431 g/mol. The smallest absolute Gasteiger partial charge is 0.0534 e. The molecule has 1 N–H and O–H groups in total. The van der Waals surface area contributed by atoms with Gasteiger partial charge in [0.1, 0.15) is 0 Å². The van der Waals surface area contributed by atoms with Gasteiger partial charge in [-0.05, 0) is 0 Å². The molecule has 0 aromatic heterocycles. The summed E-state index contributed by atoms with van der Waals surface area (Å²) in [5, 5.41) is 2.66. The zero-order valence-corrected chi connectivity index (χ0v) is 18.4. The molecule has 0 heterocycles. The molecule has 22 heavy (non-hydrogen) atoms. The van der Waals surface area contributed by atoms with Gasteiger partial charge >= 0.3 is 41.9 Å². The average molecular weight is 434 g/mol. The molecule has 5 heteroatoms. The van der Waals surface area contributed by atoms with E-state index in [4.69, 9.17) is 5.73 Å². The van der Waals surface area contributed by atoms with Gasteiger partial charge in [0.25, 0.3) is 0 Å². The topological polar surface area (TPSA) is 23.8 Å². The van der Waals surface area contributed by atoms with E-state index in [-0.39, 0.29) is 36.3 Å². The Morgan fingerprint density at radius 1 is 1.05 bits per heavy atom. The molecule has 2 aromatic rings. The third-order valence-corrected chi connectivity index (χ3v) is 3.15. The van der Waals surface area contributed by atoms with Crippen molar-refractivity contribution in [3.05, 3.63) is 48.2 Å². The van der Waals surface area contributed by atoms with Gasteiger partial charge in [0.05, 0.1) is 0 Å². The first-order valence-corrected chi connectivity index (χ1v) is 13.6. The van der Waals surface area contributed by atoms with Crippen molar-refractivity contribution in [2.24, 2.45) is 0 Å².